The molecule has 0 N–H and O–H groups in total. The van der Waals surface area contributed by atoms with E-state index in [9.17, 15) is 8.42 Å². The molecule has 0 bridgehead atoms. The van der Waals surface area contributed by atoms with Crippen molar-refractivity contribution < 1.29 is 8.42 Å². The molecule has 0 spiro atoms. The maximum absolute atomic E-state index is 12.2. The van der Waals surface area contributed by atoms with Crippen molar-refractivity contribution >= 4 is 21.6 Å². The highest BCUT2D eigenvalue weighted by Crippen LogP contribution is 2.27. The van der Waals surface area contributed by atoms with Crippen molar-refractivity contribution in [3.8, 4) is 0 Å². The fourth-order valence-corrected chi connectivity index (χ4v) is 3.04. The van der Waals surface area contributed by atoms with E-state index >= 15 is 0 Å². The van der Waals surface area contributed by atoms with Gasteiger partial charge in [-0.3, -0.25) is 4.99 Å². The molecule has 3 nitrogen and oxygen atoms in total. The van der Waals surface area contributed by atoms with Crippen molar-refractivity contribution in [2.75, 3.05) is 6.54 Å². The number of rotatable bonds is 3. The highest BCUT2D eigenvalue weighted by atomic mass is 32.2. The Bertz CT molecular complexity index is 583. The van der Waals surface area contributed by atoms with Crippen LogP contribution in [0.4, 0.5) is 0 Å². The predicted octanol–water partition coefficient (Wildman–Crippen LogP) is 2.34. The molecule has 2 rings (SSSR count). The molecule has 90 valence electrons. The van der Waals surface area contributed by atoms with Gasteiger partial charge in [-0.2, -0.15) is 0 Å². The first-order valence-electron chi connectivity index (χ1n) is 5.56. The Morgan fingerprint density at radius 3 is 2.53 bits per heavy atom. The zero-order valence-electron chi connectivity index (χ0n) is 9.92. The van der Waals surface area contributed by atoms with Crippen LogP contribution in [0.15, 0.2) is 40.2 Å². The minimum Gasteiger partial charge on any atom is -0.288 e. The van der Waals surface area contributed by atoms with Crippen LogP contribution in [-0.4, -0.2) is 26.4 Å². The SMILES string of the molecule is CC(C)S(=O)(=O)c1ccccc1C1=CC=NC1. The van der Waals surface area contributed by atoms with Crippen LogP contribution in [0.25, 0.3) is 5.57 Å². The monoisotopic (exact) mass is 249 g/mol. The lowest BCUT2D eigenvalue weighted by molar-refractivity contribution is 0.587. The maximum Gasteiger partial charge on any atom is 0.181 e. The van der Waals surface area contributed by atoms with Gasteiger partial charge < -0.3 is 0 Å². The molecule has 1 aromatic rings. The van der Waals surface area contributed by atoms with Gasteiger partial charge in [-0.1, -0.05) is 18.2 Å². The number of hydrogen-bond donors (Lipinski definition) is 0. The van der Waals surface area contributed by atoms with Crippen molar-refractivity contribution in [2.45, 2.75) is 24.0 Å². The first kappa shape index (κ1) is 12.0. The van der Waals surface area contributed by atoms with Gasteiger partial charge in [0.15, 0.2) is 9.84 Å². The first-order chi connectivity index (χ1) is 8.03. The lowest BCUT2D eigenvalue weighted by Crippen LogP contribution is -2.15. The fraction of sp³-hybridized carbons (Fsp3) is 0.308. The maximum atomic E-state index is 12.2. The Kier molecular flexibility index (Phi) is 3.15. The average molecular weight is 249 g/mol. The molecule has 1 heterocycles. The van der Waals surface area contributed by atoms with Crippen LogP contribution in [0.1, 0.15) is 19.4 Å². The fourth-order valence-electron chi connectivity index (χ4n) is 1.76. The van der Waals surface area contributed by atoms with E-state index in [4.69, 9.17) is 0 Å². The van der Waals surface area contributed by atoms with Gasteiger partial charge in [0, 0.05) is 6.21 Å². The third-order valence-electron chi connectivity index (χ3n) is 2.80. The smallest absolute Gasteiger partial charge is 0.181 e. The summed E-state index contributed by atoms with van der Waals surface area (Å²) in [5, 5.41) is -0.411. The molecule has 4 heteroatoms. The van der Waals surface area contributed by atoms with Gasteiger partial charge >= 0.3 is 0 Å². The van der Waals surface area contributed by atoms with E-state index in [0.29, 0.717) is 11.4 Å². The van der Waals surface area contributed by atoms with Crippen LogP contribution >= 0.6 is 0 Å². The summed E-state index contributed by atoms with van der Waals surface area (Å²) in [6, 6.07) is 7.13. The lowest BCUT2D eigenvalue weighted by Gasteiger charge is -2.13. The quantitative estimate of drug-likeness (QED) is 0.825. The Morgan fingerprint density at radius 1 is 1.24 bits per heavy atom. The van der Waals surface area contributed by atoms with E-state index < -0.39 is 15.1 Å². The van der Waals surface area contributed by atoms with Crippen molar-refractivity contribution in [3.63, 3.8) is 0 Å². The van der Waals surface area contributed by atoms with Gasteiger partial charge in [0.05, 0.1) is 16.7 Å². The second-order valence-electron chi connectivity index (χ2n) is 4.27. The lowest BCUT2D eigenvalue weighted by atomic mass is 10.1. The molecule has 17 heavy (non-hydrogen) atoms. The first-order valence-corrected chi connectivity index (χ1v) is 7.10. The third kappa shape index (κ3) is 2.17. The standard InChI is InChI=1S/C13H15NO2S/c1-10(2)17(15,16)13-6-4-3-5-12(13)11-7-8-14-9-11/h3-8,10H,9H2,1-2H3. The van der Waals surface area contributed by atoms with Crippen molar-refractivity contribution in [3.05, 3.63) is 35.9 Å². The Labute approximate surface area is 102 Å². The second-order valence-corrected chi connectivity index (χ2v) is 6.74. The minimum atomic E-state index is -3.24. The number of allylic oxidation sites excluding steroid dienone is 1. The predicted molar refractivity (Wildman–Crippen MR) is 70.1 cm³/mol. The van der Waals surface area contributed by atoms with E-state index in [-0.39, 0.29) is 0 Å². The number of sulfone groups is 1. The number of hydrogen-bond acceptors (Lipinski definition) is 3. The van der Waals surface area contributed by atoms with E-state index in [1.807, 2.05) is 18.2 Å². The topological polar surface area (TPSA) is 46.5 Å². The average Bonchev–Trinajstić information content (AvgIpc) is 2.82. The highest BCUT2D eigenvalue weighted by molar-refractivity contribution is 7.92. The summed E-state index contributed by atoms with van der Waals surface area (Å²) in [6.07, 6.45) is 3.59. The van der Waals surface area contributed by atoms with Crippen LogP contribution in [0, 0.1) is 0 Å². The number of aliphatic imine (C=N–C) groups is 1. The van der Waals surface area contributed by atoms with E-state index in [0.717, 1.165) is 11.1 Å². The molecule has 0 unspecified atom stereocenters. The largest absolute Gasteiger partial charge is 0.288 e. The Hall–Kier alpha value is -1.42. The molecule has 0 atom stereocenters. The third-order valence-corrected chi connectivity index (χ3v) is 5.01. The summed E-state index contributed by atoms with van der Waals surface area (Å²) >= 11 is 0. The molecule has 0 aromatic heterocycles. The molecule has 0 amide bonds. The summed E-state index contributed by atoms with van der Waals surface area (Å²) in [5.74, 6) is 0. The van der Waals surface area contributed by atoms with E-state index in [2.05, 4.69) is 4.99 Å². The van der Waals surface area contributed by atoms with Crippen LogP contribution in [0.3, 0.4) is 0 Å². The van der Waals surface area contributed by atoms with Crippen molar-refractivity contribution in [1.29, 1.82) is 0 Å². The molecular formula is C13H15NO2S. The Balaban J connectivity index is 2.56. The van der Waals surface area contributed by atoms with E-state index in [1.165, 1.54) is 0 Å². The summed E-state index contributed by atoms with van der Waals surface area (Å²) in [4.78, 5) is 4.51. The molecule has 0 aliphatic carbocycles. The van der Waals surface area contributed by atoms with Gasteiger partial charge in [0.25, 0.3) is 0 Å². The zero-order chi connectivity index (χ0) is 12.5. The molecule has 0 saturated heterocycles. The van der Waals surface area contributed by atoms with Gasteiger partial charge in [0.1, 0.15) is 0 Å². The van der Waals surface area contributed by atoms with E-state index in [1.54, 1.807) is 32.2 Å². The molecule has 1 aromatic carbocycles. The zero-order valence-corrected chi connectivity index (χ0v) is 10.7. The Morgan fingerprint density at radius 2 is 1.94 bits per heavy atom. The van der Waals surface area contributed by atoms with Crippen LogP contribution in [0.5, 0.6) is 0 Å². The summed E-state index contributed by atoms with van der Waals surface area (Å²) in [6.45, 7) is 3.96. The summed E-state index contributed by atoms with van der Waals surface area (Å²) in [7, 11) is -3.24. The molecular weight excluding hydrogens is 234 g/mol. The van der Waals surface area contributed by atoms with Crippen LogP contribution < -0.4 is 0 Å². The molecule has 1 aliphatic heterocycles. The molecule has 0 saturated carbocycles. The minimum absolute atomic E-state index is 0.409. The molecule has 0 radical (unpaired) electrons. The normalized spacial score (nSPS) is 15.4. The number of benzene rings is 1. The highest BCUT2D eigenvalue weighted by Gasteiger charge is 2.23. The number of nitrogens with zero attached hydrogens (tertiary/aromatic N) is 1. The molecule has 0 fully saturated rings. The summed E-state index contributed by atoms with van der Waals surface area (Å²) < 4.78 is 24.5. The van der Waals surface area contributed by atoms with Crippen LogP contribution in [-0.2, 0) is 9.84 Å². The van der Waals surface area contributed by atoms with Crippen molar-refractivity contribution in [2.24, 2.45) is 4.99 Å². The van der Waals surface area contributed by atoms with Crippen LogP contribution in [0.2, 0.25) is 0 Å². The summed E-state index contributed by atoms with van der Waals surface area (Å²) in [5.41, 5.74) is 1.74. The van der Waals surface area contributed by atoms with Gasteiger partial charge in [-0.15, -0.1) is 0 Å². The second kappa shape index (κ2) is 4.45. The van der Waals surface area contributed by atoms with Gasteiger partial charge in [-0.05, 0) is 37.1 Å². The van der Waals surface area contributed by atoms with Gasteiger partial charge in [0.2, 0.25) is 0 Å². The molecule has 1 aliphatic rings. The van der Waals surface area contributed by atoms with Gasteiger partial charge in [-0.25, -0.2) is 8.42 Å². The van der Waals surface area contributed by atoms with Crippen molar-refractivity contribution in [1.82, 2.24) is 0 Å².